The second-order valence-corrected chi connectivity index (χ2v) is 7.49. The highest BCUT2D eigenvalue weighted by Crippen LogP contribution is 2.48. The van der Waals surface area contributed by atoms with Crippen LogP contribution < -0.4 is 10.9 Å². The number of phenolic OH excluding ortho intramolecular Hbond substituents is 1. The maximum absolute atomic E-state index is 13.5. The van der Waals surface area contributed by atoms with Crippen LogP contribution in [0.1, 0.15) is 35.2 Å². The normalized spacial score (nSPS) is 26.7. The molecule has 0 spiro atoms. The summed E-state index contributed by atoms with van der Waals surface area (Å²) in [6.07, 6.45) is 0.469. The molecule has 2 aliphatic heterocycles. The molecule has 4 atom stereocenters. The Balaban J connectivity index is 1.77. The summed E-state index contributed by atoms with van der Waals surface area (Å²) in [5.74, 6) is -0.411. The van der Waals surface area contributed by atoms with Crippen LogP contribution in [0.25, 0.3) is 0 Å². The average molecular weight is 385 g/mol. The average Bonchev–Trinajstić information content (AvgIpc) is 3.22. The Hall–Kier alpha value is -2.48. The summed E-state index contributed by atoms with van der Waals surface area (Å²) in [6.45, 7) is 2.36. The molecule has 2 fully saturated rings. The number of likely N-dealkylation sites (tertiary alicyclic amines) is 1. The van der Waals surface area contributed by atoms with E-state index in [2.05, 4.69) is 10.9 Å². The zero-order valence-electron chi connectivity index (χ0n) is 15.6. The van der Waals surface area contributed by atoms with Crippen molar-refractivity contribution < 1.29 is 19.4 Å². The van der Waals surface area contributed by atoms with Crippen LogP contribution in [0.15, 0.2) is 42.5 Å². The number of hydrazine groups is 1. The van der Waals surface area contributed by atoms with Crippen LogP contribution in [-0.4, -0.2) is 40.2 Å². The molecule has 28 heavy (non-hydrogen) atoms. The van der Waals surface area contributed by atoms with Crippen molar-refractivity contribution in [1.82, 2.24) is 15.8 Å². The molecule has 0 bridgehead atoms. The van der Waals surface area contributed by atoms with Crippen LogP contribution in [0, 0.1) is 18.7 Å². The van der Waals surface area contributed by atoms with Crippen molar-refractivity contribution in [3.05, 3.63) is 65.0 Å². The number of halogens is 1. The Bertz CT molecular complexity index is 874. The van der Waals surface area contributed by atoms with Gasteiger partial charge in [0.1, 0.15) is 17.6 Å². The monoisotopic (exact) mass is 385 g/mol. The van der Waals surface area contributed by atoms with Crippen LogP contribution in [0.3, 0.4) is 0 Å². The number of aliphatic hydroxyl groups is 1. The zero-order valence-corrected chi connectivity index (χ0v) is 15.6. The maximum Gasteiger partial charge on any atom is 0.242 e. The molecule has 1 amide bonds. The van der Waals surface area contributed by atoms with Gasteiger partial charge in [0, 0.05) is 24.6 Å². The molecule has 2 saturated heterocycles. The van der Waals surface area contributed by atoms with E-state index >= 15 is 0 Å². The molecular weight excluding hydrogens is 361 g/mol. The first-order valence-corrected chi connectivity index (χ1v) is 9.48. The molecule has 2 aromatic carbocycles. The predicted octanol–water partition coefficient (Wildman–Crippen LogP) is 1.94. The highest BCUT2D eigenvalue weighted by Gasteiger charge is 2.55. The fourth-order valence-electron chi connectivity index (χ4n) is 4.44. The number of hydrogen-bond acceptors (Lipinski definition) is 5. The fourth-order valence-corrected chi connectivity index (χ4v) is 4.44. The fraction of sp³-hybridized carbons (Fsp3) is 0.381. The van der Waals surface area contributed by atoms with Crippen LogP contribution in [-0.2, 0) is 4.79 Å². The van der Waals surface area contributed by atoms with E-state index < -0.39 is 6.04 Å². The molecule has 4 rings (SSSR count). The lowest BCUT2D eigenvalue weighted by molar-refractivity contribution is -0.130. The van der Waals surface area contributed by atoms with Crippen molar-refractivity contribution in [3.63, 3.8) is 0 Å². The first kappa shape index (κ1) is 18.9. The van der Waals surface area contributed by atoms with Crippen LogP contribution >= 0.6 is 0 Å². The highest BCUT2D eigenvalue weighted by molar-refractivity contribution is 5.86. The van der Waals surface area contributed by atoms with Gasteiger partial charge in [-0.15, -0.1) is 0 Å². The second-order valence-electron chi connectivity index (χ2n) is 7.49. The minimum absolute atomic E-state index is 0.0109. The number of carbonyl (C=O) groups is 1. The topological polar surface area (TPSA) is 84.8 Å². The van der Waals surface area contributed by atoms with Gasteiger partial charge in [-0.05, 0) is 37.1 Å². The van der Waals surface area contributed by atoms with Crippen LogP contribution in [0.5, 0.6) is 5.75 Å². The van der Waals surface area contributed by atoms with E-state index in [0.29, 0.717) is 13.0 Å². The number of nitrogens with zero attached hydrogens (tertiary/aromatic N) is 1. The lowest BCUT2D eigenvalue weighted by Crippen LogP contribution is -2.41. The van der Waals surface area contributed by atoms with E-state index in [4.69, 9.17) is 0 Å². The van der Waals surface area contributed by atoms with Gasteiger partial charge < -0.3 is 15.1 Å². The minimum atomic E-state index is -0.460. The van der Waals surface area contributed by atoms with Crippen molar-refractivity contribution in [2.75, 3.05) is 13.2 Å². The number of rotatable bonds is 5. The molecule has 2 heterocycles. The van der Waals surface area contributed by atoms with Gasteiger partial charge in [-0.25, -0.2) is 15.2 Å². The molecule has 7 heteroatoms. The minimum Gasteiger partial charge on any atom is -0.508 e. The Morgan fingerprint density at radius 2 is 1.82 bits per heavy atom. The van der Waals surface area contributed by atoms with Crippen LogP contribution in [0.4, 0.5) is 4.39 Å². The highest BCUT2D eigenvalue weighted by atomic mass is 19.1. The quantitative estimate of drug-likeness (QED) is 0.632. The molecule has 2 aliphatic rings. The Morgan fingerprint density at radius 1 is 1.11 bits per heavy atom. The Morgan fingerprint density at radius 3 is 2.54 bits per heavy atom. The number of carbonyl (C=O) groups excluding carboxylic acids is 1. The van der Waals surface area contributed by atoms with Crippen molar-refractivity contribution in [1.29, 1.82) is 0 Å². The lowest BCUT2D eigenvalue weighted by atomic mass is 9.83. The van der Waals surface area contributed by atoms with Gasteiger partial charge in [0.05, 0.1) is 12.1 Å². The van der Waals surface area contributed by atoms with Gasteiger partial charge >= 0.3 is 0 Å². The van der Waals surface area contributed by atoms with Crippen molar-refractivity contribution in [2.24, 2.45) is 5.92 Å². The second kappa shape index (κ2) is 7.50. The third-order valence-electron chi connectivity index (χ3n) is 5.70. The molecule has 6 nitrogen and oxygen atoms in total. The third-order valence-corrected chi connectivity index (χ3v) is 5.70. The molecule has 0 radical (unpaired) electrons. The van der Waals surface area contributed by atoms with E-state index in [0.717, 1.165) is 16.7 Å². The SMILES string of the molecule is Cc1ccc(O)c(C2NNC3C(=O)N(CCCO)C(c4ccc(F)cc4)C32)c1. The molecule has 0 aromatic heterocycles. The van der Waals surface area contributed by atoms with Gasteiger partial charge in [-0.1, -0.05) is 29.8 Å². The molecule has 4 unspecified atom stereocenters. The number of aromatic hydroxyl groups is 1. The first-order chi connectivity index (χ1) is 13.5. The molecule has 148 valence electrons. The number of aliphatic hydroxyl groups excluding tert-OH is 1. The number of nitrogens with one attached hydrogen (secondary N) is 2. The van der Waals surface area contributed by atoms with Crippen molar-refractivity contribution in [3.8, 4) is 5.75 Å². The Labute approximate surface area is 163 Å². The standard InChI is InChI=1S/C21H24FN3O3/c1-12-3-8-16(27)15(11-12)18-17-19(24-23-18)21(28)25(9-2-10-26)20(17)13-4-6-14(22)7-5-13/h3-8,11,17-20,23-24,26-27H,2,9-10H2,1H3. The number of fused-ring (bicyclic) bond motifs is 1. The van der Waals surface area contributed by atoms with E-state index in [-0.39, 0.29) is 42.1 Å². The summed E-state index contributed by atoms with van der Waals surface area (Å²) in [5.41, 5.74) is 8.85. The lowest BCUT2D eigenvalue weighted by Gasteiger charge is -2.31. The summed E-state index contributed by atoms with van der Waals surface area (Å²) in [5, 5.41) is 19.7. The molecule has 2 aromatic rings. The molecule has 0 aliphatic carbocycles. The summed E-state index contributed by atoms with van der Waals surface area (Å²) < 4.78 is 13.5. The van der Waals surface area contributed by atoms with Crippen molar-refractivity contribution in [2.45, 2.75) is 31.5 Å². The number of hydrogen-bond donors (Lipinski definition) is 4. The smallest absolute Gasteiger partial charge is 0.242 e. The number of amides is 1. The summed E-state index contributed by atoms with van der Waals surface area (Å²) >= 11 is 0. The Kier molecular flexibility index (Phi) is 5.05. The summed E-state index contributed by atoms with van der Waals surface area (Å²) in [7, 11) is 0. The zero-order chi connectivity index (χ0) is 19.8. The number of benzene rings is 2. The van der Waals surface area contributed by atoms with E-state index in [1.54, 1.807) is 23.1 Å². The van der Waals surface area contributed by atoms with Crippen molar-refractivity contribution >= 4 is 5.91 Å². The van der Waals surface area contributed by atoms with E-state index in [9.17, 15) is 19.4 Å². The maximum atomic E-state index is 13.5. The third kappa shape index (κ3) is 3.15. The number of phenols is 1. The van der Waals surface area contributed by atoms with Gasteiger partial charge in [-0.3, -0.25) is 4.79 Å². The van der Waals surface area contributed by atoms with Crippen LogP contribution in [0.2, 0.25) is 0 Å². The first-order valence-electron chi connectivity index (χ1n) is 9.48. The van der Waals surface area contributed by atoms with Gasteiger partial charge in [0.2, 0.25) is 5.91 Å². The molecule has 0 saturated carbocycles. The largest absolute Gasteiger partial charge is 0.508 e. The van der Waals surface area contributed by atoms with Gasteiger partial charge in [0.15, 0.2) is 0 Å². The summed E-state index contributed by atoms with van der Waals surface area (Å²) in [4.78, 5) is 14.8. The number of aryl methyl sites for hydroxylation is 1. The van der Waals surface area contributed by atoms with Gasteiger partial charge in [0.25, 0.3) is 0 Å². The predicted molar refractivity (Wildman–Crippen MR) is 102 cm³/mol. The summed E-state index contributed by atoms with van der Waals surface area (Å²) in [6, 6.07) is 10.6. The van der Waals surface area contributed by atoms with Gasteiger partial charge in [-0.2, -0.15) is 0 Å². The van der Waals surface area contributed by atoms with E-state index in [1.807, 2.05) is 19.1 Å². The van der Waals surface area contributed by atoms with E-state index in [1.165, 1.54) is 12.1 Å². The molecular formula is C21H24FN3O3. The molecule has 4 N–H and O–H groups in total.